The molecule has 0 saturated heterocycles. The van der Waals surface area contributed by atoms with E-state index in [1.165, 1.54) is 0 Å². The number of hydrogen-bond donors (Lipinski definition) is 0. The Balaban J connectivity index is 1.72. The molecule has 3 aromatic carbocycles. The van der Waals surface area contributed by atoms with E-state index in [0.29, 0.717) is 11.7 Å². The van der Waals surface area contributed by atoms with Gasteiger partial charge < -0.3 is 13.9 Å². The Morgan fingerprint density at radius 1 is 0.968 bits per heavy atom. The summed E-state index contributed by atoms with van der Waals surface area (Å²) in [4.78, 5) is 9.57. The van der Waals surface area contributed by atoms with Crippen LogP contribution in [0.1, 0.15) is 6.92 Å². The van der Waals surface area contributed by atoms with E-state index in [1.54, 1.807) is 18.4 Å². The second-order valence-corrected chi connectivity index (χ2v) is 7.90. The monoisotopic (exact) mass is 428 g/mol. The van der Waals surface area contributed by atoms with Gasteiger partial charge in [-0.15, -0.1) is 0 Å². The van der Waals surface area contributed by atoms with Crippen molar-refractivity contribution in [2.45, 2.75) is 6.92 Å². The van der Waals surface area contributed by atoms with Crippen molar-refractivity contribution in [1.82, 2.24) is 4.98 Å². The van der Waals surface area contributed by atoms with E-state index < -0.39 is 0 Å². The number of nitrogens with zero attached hydrogens (tertiary/aromatic N) is 2. The van der Waals surface area contributed by atoms with Crippen molar-refractivity contribution in [3.8, 4) is 22.8 Å². The molecule has 0 bridgehead atoms. The van der Waals surface area contributed by atoms with E-state index in [2.05, 4.69) is 11.1 Å². The molecule has 0 aliphatic carbocycles. The second-order valence-electron chi connectivity index (χ2n) is 6.89. The summed E-state index contributed by atoms with van der Waals surface area (Å²) >= 11 is 1.57. The molecule has 0 aliphatic heterocycles. The van der Waals surface area contributed by atoms with Crippen LogP contribution in [0.4, 0.5) is 5.13 Å². The lowest BCUT2D eigenvalue weighted by molar-refractivity contribution is 0.340. The standard InChI is InChI=1S/C25H20N2O3S/c1-3-29-18-12-13-22-19(14-18)21(27-25-26-20-6-4-5-7-24(20)31-25)15-23(30-22)16-8-10-17(28-2)11-9-16/h4-15H,3H2,1-2H3. The van der Waals surface area contributed by atoms with Gasteiger partial charge in [-0.05, 0) is 61.5 Å². The van der Waals surface area contributed by atoms with Crippen molar-refractivity contribution < 1.29 is 13.9 Å². The number of benzene rings is 3. The largest absolute Gasteiger partial charge is 0.497 e. The summed E-state index contributed by atoms with van der Waals surface area (Å²) in [6.07, 6.45) is 0. The van der Waals surface area contributed by atoms with Gasteiger partial charge in [0, 0.05) is 17.0 Å². The maximum absolute atomic E-state index is 6.22. The van der Waals surface area contributed by atoms with Crippen LogP contribution >= 0.6 is 11.3 Å². The number of aromatic nitrogens is 1. The number of para-hydroxylation sites is 1. The van der Waals surface area contributed by atoms with Crippen LogP contribution in [0.2, 0.25) is 0 Å². The molecule has 0 amide bonds. The Labute approximate surface area is 183 Å². The van der Waals surface area contributed by atoms with Crippen LogP contribution < -0.4 is 14.8 Å². The topological polar surface area (TPSA) is 56.9 Å². The van der Waals surface area contributed by atoms with Crippen molar-refractivity contribution in [2.24, 2.45) is 4.99 Å². The van der Waals surface area contributed by atoms with E-state index in [0.717, 1.165) is 49.4 Å². The molecule has 2 aromatic heterocycles. The number of rotatable bonds is 5. The maximum Gasteiger partial charge on any atom is 0.210 e. The fraction of sp³-hybridized carbons (Fsp3) is 0.120. The molecule has 0 atom stereocenters. The summed E-state index contributed by atoms with van der Waals surface area (Å²) in [5.74, 6) is 2.30. The van der Waals surface area contributed by atoms with Crippen LogP contribution in [0.5, 0.6) is 11.5 Å². The molecule has 31 heavy (non-hydrogen) atoms. The van der Waals surface area contributed by atoms with Crippen molar-refractivity contribution in [3.05, 3.63) is 78.2 Å². The van der Waals surface area contributed by atoms with Gasteiger partial charge in [-0.3, -0.25) is 0 Å². The molecule has 0 fully saturated rings. The number of thiazole rings is 1. The molecule has 5 aromatic rings. The van der Waals surface area contributed by atoms with Crippen molar-refractivity contribution >= 4 is 37.7 Å². The lowest BCUT2D eigenvalue weighted by atomic mass is 10.1. The van der Waals surface area contributed by atoms with Crippen LogP contribution in [-0.4, -0.2) is 18.7 Å². The summed E-state index contributed by atoms with van der Waals surface area (Å²) in [6, 6.07) is 23.6. The number of methoxy groups -OCH3 is 1. The van der Waals surface area contributed by atoms with Crippen LogP contribution in [-0.2, 0) is 0 Å². The normalized spacial score (nSPS) is 11.9. The Hall–Kier alpha value is -3.64. The van der Waals surface area contributed by atoms with Crippen LogP contribution in [0.25, 0.3) is 32.5 Å². The average molecular weight is 429 g/mol. The molecule has 0 N–H and O–H groups in total. The summed E-state index contributed by atoms with van der Waals surface area (Å²) in [6.45, 7) is 2.56. The first-order chi connectivity index (χ1) is 15.2. The minimum atomic E-state index is 0.594. The summed E-state index contributed by atoms with van der Waals surface area (Å²) in [7, 11) is 1.65. The molecular formula is C25H20N2O3S. The minimum absolute atomic E-state index is 0.594. The third-order valence-electron chi connectivity index (χ3n) is 4.90. The third kappa shape index (κ3) is 3.90. The van der Waals surface area contributed by atoms with E-state index in [9.17, 15) is 0 Å². The van der Waals surface area contributed by atoms with Crippen molar-refractivity contribution in [3.63, 3.8) is 0 Å². The number of ether oxygens (including phenoxy) is 2. The summed E-state index contributed by atoms with van der Waals surface area (Å²) in [5.41, 5.74) is 2.62. The Bertz CT molecular complexity index is 1400. The van der Waals surface area contributed by atoms with E-state index in [1.807, 2.05) is 73.7 Å². The Morgan fingerprint density at radius 2 is 1.77 bits per heavy atom. The van der Waals surface area contributed by atoms with Crippen molar-refractivity contribution in [2.75, 3.05) is 13.7 Å². The number of hydrogen-bond acceptors (Lipinski definition) is 6. The predicted molar refractivity (Wildman–Crippen MR) is 124 cm³/mol. The minimum Gasteiger partial charge on any atom is -0.497 e. The highest BCUT2D eigenvalue weighted by Gasteiger charge is 2.09. The quantitative estimate of drug-likeness (QED) is 0.327. The molecule has 154 valence electrons. The third-order valence-corrected chi connectivity index (χ3v) is 5.83. The second kappa shape index (κ2) is 8.24. The fourth-order valence-electron chi connectivity index (χ4n) is 3.41. The fourth-order valence-corrected chi connectivity index (χ4v) is 4.26. The molecular weight excluding hydrogens is 408 g/mol. The van der Waals surface area contributed by atoms with Gasteiger partial charge >= 0.3 is 0 Å². The average Bonchev–Trinajstić information content (AvgIpc) is 3.22. The van der Waals surface area contributed by atoms with E-state index in [4.69, 9.17) is 18.9 Å². The van der Waals surface area contributed by atoms with Crippen LogP contribution in [0.3, 0.4) is 0 Å². The van der Waals surface area contributed by atoms with Crippen molar-refractivity contribution in [1.29, 1.82) is 0 Å². The molecule has 0 saturated carbocycles. The highest BCUT2D eigenvalue weighted by molar-refractivity contribution is 7.21. The van der Waals surface area contributed by atoms with Gasteiger partial charge in [0.05, 0.1) is 29.3 Å². The molecule has 0 radical (unpaired) electrons. The highest BCUT2D eigenvalue weighted by atomic mass is 32.1. The summed E-state index contributed by atoms with van der Waals surface area (Å²) < 4.78 is 18.3. The van der Waals surface area contributed by atoms with Gasteiger partial charge in [0.2, 0.25) is 5.13 Å². The summed E-state index contributed by atoms with van der Waals surface area (Å²) in [5, 5.41) is 2.37. The molecule has 5 nitrogen and oxygen atoms in total. The predicted octanol–water partition coefficient (Wildman–Crippen LogP) is 6.35. The van der Waals surface area contributed by atoms with E-state index >= 15 is 0 Å². The first kappa shape index (κ1) is 19.3. The molecule has 0 spiro atoms. The zero-order chi connectivity index (χ0) is 21.2. The lowest BCUT2D eigenvalue weighted by Gasteiger charge is -2.08. The lowest BCUT2D eigenvalue weighted by Crippen LogP contribution is -2.04. The molecule has 5 rings (SSSR count). The van der Waals surface area contributed by atoms with Gasteiger partial charge in [0.25, 0.3) is 0 Å². The van der Waals surface area contributed by atoms with E-state index in [-0.39, 0.29) is 0 Å². The first-order valence-corrected chi connectivity index (χ1v) is 10.8. The zero-order valence-corrected chi connectivity index (χ0v) is 18.0. The van der Waals surface area contributed by atoms with Gasteiger partial charge in [-0.1, -0.05) is 23.5 Å². The first-order valence-electron chi connectivity index (χ1n) is 9.99. The Kier molecular flexibility index (Phi) is 5.14. The molecule has 0 aliphatic rings. The van der Waals surface area contributed by atoms with Gasteiger partial charge in [0.1, 0.15) is 22.8 Å². The molecule has 2 heterocycles. The highest BCUT2D eigenvalue weighted by Crippen LogP contribution is 2.29. The van der Waals surface area contributed by atoms with Crippen LogP contribution in [0.15, 0.2) is 82.2 Å². The van der Waals surface area contributed by atoms with Gasteiger partial charge in [0.15, 0.2) is 0 Å². The zero-order valence-electron chi connectivity index (χ0n) is 17.2. The van der Waals surface area contributed by atoms with Crippen LogP contribution in [0, 0.1) is 0 Å². The smallest absolute Gasteiger partial charge is 0.210 e. The Morgan fingerprint density at radius 3 is 2.55 bits per heavy atom. The maximum atomic E-state index is 6.22. The molecule has 6 heteroatoms. The molecule has 0 unspecified atom stereocenters. The SMILES string of the molecule is CCOc1ccc2oc(-c3ccc(OC)cc3)cc(=Nc3nc4ccccc4s3)c2c1. The number of fused-ring (bicyclic) bond motifs is 2. The van der Waals surface area contributed by atoms with Gasteiger partial charge in [-0.25, -0.2) is 9.98 Å². The van der Waals surface area contributed by atoms with Gasteiger partial charge in [-0.2, -0.15) is 0 Å².